The Hall–Kier alpha value is -1.30. The second-order valence-corrected chi connectivity index (χ2v) is 9.20. The zero-order valence-electron chi connectivity index (χ0n) is 13.2. The summed E-state index contributed by atoms with van der Waals surface area (Å²) in [5.41, 5.74) is 0.187. The van der Waals surface area contributed by atoms with E-state index in [0.717, 1.165) is 24.2 Å². The largest absolute Gasteiger partial charge is 0.377 e. The second-order valence-electron chi connectivity index (χ2n) is 5.44. The van der Waals surface area contributed by atoms with Crippen LogP contribution in [0.3, 0.4) is 0 Å². The summed E-state index contributed by atoms with van der Waals surface area (Å²) in [6.07, 6.45) is 1.58. The second kappa shape index (κ2) is 8.15. The van der Waals surface area contributed by atoms with Gasteiger partial charge < -0.3 is 4.74 Å². The summed E-state index contributed by atoms with van der Waals surface area (Å²) < 4.78 is 32.1. The van der Waals surface area contributed by atoms with Gasteiger partial charge in [0.15, 0.2) is 0 Å². The molecule has 1 aliphatic rings. The molecule has 0 aliphatic carbocycles. The van der Waals surface area contributed by atoms with Gasteiger partial charge in [-0.3, -0.25) is 10.1 Å². The summed E-state index contributed by atoms with van der Waals surface area (Å²) in [7, 11) is -3.82. The Kier molecular flexibility index (Phi) is 6.10. The smallest absolute Gasteiger partial charge is 0.269 e. The third-order valence-electron chi connectivity index (χ3n) is 3.56. The van der Waals surface area contributed by atoms with Crippen LogP contribution in [0.1, 0.15) is 23.2 Å². The Morgan fingerprint density at radius 2 is 2.15 bits per heavy atom. The van der Waals surface area contributed by atoms with Crippen molar-refractivity contribution in [1.29, 1.82) is 0 Å². The third kappa shape index (κ3) is 4.70. The standard InChI is InChI=1S/C14H14Cl2N4O4S2/c15-8-3-4-10(11(16)6-8)12(21)18-13-19-20-14(25-13)26(22,23)17-7-9-2-1-5-24-9/h3-4,6,9,17H,1-2,5,7H2,(H,18,19,21)/t9-/m0/s1. The third-order valence-corrected chi connectivity index (χ3v) is 6.74. The molecule has 0 spiro atoms. The Balaban J connectivity index is 1.65. The number of carbonyl (C=O) groups is 1. The van der Waals surface area contributed by atoms with E-state index in [0.29, 0.717) is 11.6 Å². The van der Waals surface area contributed by atoms with Gasteiger partial charge in [-0.1, -0.05) is 34.5 Å². The lowest BCUT2D eigenvalue weighted by molar-refractivity contribution is 0.102. The summed E-state index contributed by atoms with van der Waals surface area (Å²) in [5, 5.41) is 10.4. The molecule has 1 amide bonds. The molecule has 0 saturated carbocycles. The lowest BCUT2D eigenvalue weighted by Crippen LogP contribution is -2.31. The molecule has 1 aromatic heterocycles. The first kappa shape index (κ1) is 19.5. The van der Waals surface area contributed by atoms with Crippen LogP contribution in [0.15, 0.2) is 22.5 Å². The Morgan fingerprint density at radius 1 is 1.35 bits per heavy atom. The highest BCUT2D eigenvalue weighted by molar-refractivity contribution is 7.91. The molecule has 0 bridgehead atoms. The van der Waals surface area contributed by atoms with Crippen LogP contribution in [-0.2, 0) is 14.8 Å². The van der Waals surface area contributed by atoms with Crippen molar-refractivity contribution in [2.45, 2.75) is 23.3 Å². The minimum absolute atomic E-state index is 0.0403. The fourth-order valence-corrected chi connectivity index (χ4v) is 4.77. The van der Waals surface area contributed by atoms with Gasteiger partial charge in [0.2, 0.25) is 9.47 Å². The van der Waals surface area contributed by atoms with Crippen LogP contribution in [0.25, 0.3) is 0 Å². The SMILES string of the molecule is O=C(Nc1nnc(S(=O)(=O)NC[C@@H]2CCCO2)s1)c1ccc(Cl)cc1Cl. The molecule has 1 aliphatic heterocycles. The Morgan fingerprint density at radius 3 is 2.85 bits per heavy atom. The van der Waals surface area contributed by atoms with Crippen LogP contribution in [0.5, 0.6) is 0 Å². The van der Waals surface area contributed by atoms with Gasteiger partial charge in [-0.2, -0.15) is 0 Å². The van der Waals surface area contributed by atoms with E-state index in [1.807, 2.05) is 0 Å². The highest BCUT2D eigenvalue weighted by Gasteiger charge is 2.24. The minimum Gasteiger partial charge on any atom is -0.377 e. The van der Waals surface area contributed by atoms with E-state index in [1.165, 1.54) is 18.2 Å². The molecule has 2 aromatic rings. The maximum Gasteiger partial charge on any atom is 0.269 e. The maximum absolute atomic E-state index is 12.2. The Labute approximate surface area is 163 Å². The van der Waals surface area contributed by atoms with Crippen LogP contribution >= 0.6 is 34.5 Å². The van der Waals surface area contributed by atoms with Crippen molar-refractivity contribution in [3.8, 4) is 0 Å². The van der Waals surface area contributed by atoms with E-state index in [1.54, 1.807) is 0 Å². The van der Waals surface area contributed by atoms with Crippen molar-refractivity contribution < 1.29 is 17.9 Å². The number of nitrogens with zero attached hydrogens (tertiary/aromatic N) is 2. The van der Waals surface area contributed by atoms with Gasteiger partial charge in [0.05, 0.1) is 16.7 Å². The predicted molar refractivity (Wildman–Crippen MR) is 98.5 cm³/mol. The molecule has 0 unspecified atom stereocenters. The van der Waals surface area contributed by atoms with E-state index in [2.05, 4.69) is 20.2 Å². The first-order valence-corrected chi connectivity index (χ1v) is 10.6. The molecule has 12 heteroatoms. The number of nitrogens with one attached hydrogen (secondary N) is 2. The predicted octanol–water partition coefficient (Wildman–Crippen LogP) is 2.55. The lowest BCUT2D eigenvalue weighted by atomic mass is 10.2. The maximum atomic E-state index is 12.2. The molecule has 0 radical (unpaired) electrons. The molecule has 2 heterocycles. The number of amides is 1. The number of anilines is 1. The van der Waals surface area contributed by atoms with E-state index in [9.17, 15) is 13.2 Å². The number of ether oxygens (including phenoxy) is 1. The number of carbonyl (C=O) groups excluding carboxylic acids is 1. The average Bonchev–Trinajstić information content (AvgIpc) is 3.24. The topological polar surface area (TPSA) is 110 Å². The van der Waals surface area contributed by atoms with Gasteiger partial charge >= 0.3 is 0 Å². The van der Waals surface area contributed by atoms with Crippen LogP contribution in [0, 0.1) is 0 Å². The number of benzene rings is 1. The normalized spacial score (nSPS) is 17.4. The first-order chi connectivity index (χ1) is 12.3. The molecular formula is C14H14Cl2N4O4S2. The van der Waals surface area contributed by atoms with Gasteiger partial charge in [0.25, 0.3) is 15.9 Å². The highest BCUT2D eigenvalue weighted by Crippen LogP contribution is 2.24. The van der Waals surface area contributed by atoms with Crippen LogP contribution in [-0.4, -0.2) is 43.8 Å². The summed E-state index contributed by atoms with van der Waals surface area (Å²) in [6, 6.07) is 4.41. The number of rotatable bonds is 6. The fourth-order valence-electron chi connectivity index (χ4n) is 2.28. The van der Waals surface area contributed by atoms with Crippen molar-refractivity contribution in [3.05, 3.63) is 33.8 Å². The van der Waals surface area contributed by atoms with Gasteiger partial charge in [-0.25, -0.2) is 13.1 Å². The molecule has 1 aromatic carbocycles. The number of aromatic nitrogens is 2. The molecule has 140 valence electrons. The molecule has 26 heavy (non-hydrogen) atoms. The van der Waals surface area contributed by atoms with E-state index < -0.39 is 15.9 Å². The number of hydrogen-bond donors (Lipinski definition) is 2. The summed E-state index contributed by atoms with van der Waals surface area (Å²) in [5.74, 6) is -0.543. The summed E-state index contributed by atoms with van der Waals surface area (Å²) in [6.45, 7) is 0.804. The number of sulfonamides is 1. The quantitative estimate of drug-likeness (QED) is 0.673. The van der Waals surface area contributed by atoms with Gasteiger partial charge in [0, 0.05) is 18.2 Å². The molecule has 1 fully saturated rings. The zero-order chi connectivity index (χ0) is 18.7. The zero-order valence-corrected chi connectivity index (χ0v) is 16.4. The van der Waals surface area contributed by atoms with Crippen molar-refractivity contribution in [2.75, 3.05) is 18.5 Å². The molecule has 3 rings (SSSR count). The minimum atomic E-state index is -3.82. The Bertz CT molecular complexity index is 913. The lowest BCUT2D eigenvalue weighted by Gasteiger charge is -2.09. The van der Waals surface area contributed by atoms with Crippen LogP contribution in [0.4, 0.5) is 5.13 Å². The first-order valence-electron chi connectivity index (χ1n) is 7.56. The van der Waals surface area contributed by atoms with E-state index >= 15 is 0 Å². The summed E-state index contributed by atoms with van der Waals surface area (Å²) in [4.78, 5) is 12.2. The van der Waals surface area contributed by atoms with Gasteiger partial charge in [-0.05, 0) is 31.0 Å². The van der Waals surface area contributed by atoms with E-state index in [4.69, 9.17) is 27.9 Å². The molecule has 1 atom stereocenters. The van der Waals surface area contributed by atoms with Crippen molar-refractivity contribution in [1.82, 2.24) is 14.9 Å². The number of halogens is 2. The van der Waals surface area contributed by atoms with Crippen molar-refractivity contribution in [2.24, 2.45) is 0 Å². The monoisotopic (exact) mass is 436 g/mol. The van der Waals surface area contributed by atoms with Crippen molar-refractivity contribution in [3.63, 3.8) is 0 Å². The molecule has 8 nitrogen and oxygen atoms in total. The van der Waals surface area contributed by atoms with Gasteiger partial charge in [-0.15, -0.1) is 10.2 Å². The van der Waals surface area contributed by atoms with Crippen molar-refractivity contribution >= 4 is 55.6 Å². The number of hydrogen-bond acceptors (Lipinski definition) is 7. The fraction of sp³-hybridized carbons (Fsp3) is 0.357. The van der Waals surface area contributed by atoms with Gasteiger partial charge in [0.1, 0.15) is 0 Å². The van der Waals surface area contributed by atoms with E-state index in [-0.39, 0.29) is 32.7 Å². The molecule has 1 saturated heterocycles. The van der Waals surface area contributed by atoms with Crippen LogP contribution < -0.4 is 10.0 Å². The van der Waals surface area contributed by atoms with Crippen LogP contribution in [0.2, 0.25) is 10.0 Å². The highest BCUT2D eigenvalue weighted by atomic mass is 35.5. The molecule has 2 N–H and O–H groups in total. The average molecular weight is 437 g/mol. The summed E-state index contributed by atoms with van der Waals surface area (Å²) >= 11 is 12.5. The molecular weight excluding hydrogens is 423 g/mol.